The van der Waals surface area contributed by atoms with E-state index in [0.717, 1.165) is 23.0 Å². The zero-order valence-electron chi connectivity index (χ0n) is 11.5. The Morgan fingerprint density at radius 1 is 1.28 bits per heavy atom. The molecule has 1 aromatic rings. The highest BCUT2D eigenvalue weighted by Crippen LogP contribution is 2.27. The van der Waals surface area contributed by atoms with Crippen molar-refractivity contribution in [2.75, 3.05) is 5.32 Å². The van der Waals surface area contributed by atoms with Crippen LogP contribution in [0, 0.1) is 31.1 Å². The first-order valence-corrected chi connectivity index (χ1v) is 6.75. The summed E-state index contributed by atoms with van der Waals surface area (Å²) in [6, 6.07) is 4.70. The molecule has 0 aliphatic heterocycles. The Kier molecular flexibility index (Phi) is 3.86. The predicted octanol–water partition coefficient (Wildman–Crippen LogP) is 3.56. The largest absolute Gasteiger partial charge is 0.366 e. The van der Waals surface area contributed by atoms with Gasteiger partial charge in [0.2, 0.25) is 0 Å². The standard InChI is InChI=1S/C15H21N3/c1-10-4-6-13(7-5-10)18-15-14(9-16)11(2)8-12(3)17-15/h8,10,13H,4-7H2,1-3H3,(H,17,18). The Labute approximate surface area is 109 Å². The van der Waals surface area contributed by atoms with E-state index in [2.05, 4.69) is 23.3 Å². The number of nitriles is 1. The number of hydrogen-bond acceptors (Lipinski definition) is 3. The highest BCUT2D eigenvalue weighted by molar-refractivity contribution is 5.56. The summed E-state index contributed by atoms with van der Waals surface area (Å²) in [7, 11) is 0. The molecular weight excluding hydrogens is 222 g/mol. The molecule has 1 saturated carbocycles. The van der Waals surface area contributed by atoms with Crippen molar-refractivity contribution < 1.29 is 0 Å². The molecule has 2 rings (SSSR count). The van der Waals surface area contributed by atoms with Gasteiger partial charge in [0, 0.05) is 11.7 Å². The molecule has 1 aromatic heterocycles. The second-order valence-electron chi connectivity index (χ2n) is 5.52. The number of aryl methyl sites for hydroxylation is 2. The topological polar surface area (TPSA) is 48.7 Å². The summed E-state index contributed by atoms with van der Waals surface area (Å²) in [6.07, 6.45) is 4.90. The van der Waals surface area contributed by atoms with E-state index in [-0.39, 0.29) is 0 Å². The van der Waals surface area contributed by atoms with Crippen LogP contribution in [0.15, 0.2) is 6.07 Å². The minimum Gasteiger partial charge on any atom is -0.366 e. The number of pyridine rings is 1. The SMILES string of the molecule is Cc1cc(C)c(C#N)c(NC2CCC(C)CC2)n1. The van der Waals surface area contributed by atoms with E-state index in [4.69, 9.17) is 0 Å². The summed E-state index contributed by atoms with van der Waals surface area (Å²) in [4.78, 5) is 4.48. The third-order valence-corrected chi connectivity index (χ3v) is 3.81. The monoisotopic (exact) mass is 243 g/mol. The lowest BCUT2D eigenvalue weighted by molar-refractivity contribution is 0.360. The molecule has 3 heteroatoms. The van der Waals surface area contributed by atoms with Crippen LogP contribution < -0.4 is 5.32 Å². The molecule has 96 valence electrons. The lowest BCUT2D eigenvalue weighted by Gasteiger charge is -2.27. The van der Waals surface area contributed by atoms with Crippen molar-refractivity contribution in [3.05, 3.63) is 22.9 Å². The maximum Gasteiger partial charge on any atom is 0.144 e. The number of nitrogens with zero attached hydrogens (tertiary/aromatic N) is 2. The molecule has 1 heterocycles. The molecule has 0 radical (unpaired) electrons. The molecule has 1 N–H and O–H groups in total. The second kappa shape index (κ2) is 5.39. The fourth-order valence-electron chi connectivity index (χ4n) is 2.68. The van der Waals surface area contributed by atoms with Gasteiger partial charge < -0.3 is 5.32 Å². The molecule has 0 bridgehead atoms. The second-order valence-corrected chi connectivity index (χ2v) is 5.52. The average Bonchev–Trinajstić information content (AvgIpc) is 2.32. The molecular formula is C15H21N3. The first-order valence-electron chi connectivity index (χ1n) is 6.75. The van der Waals surface area contributed by atoms with E-state index in [1.54, 1.807) is 0 Å². The number of nitrogens with one attached hydrogen (secondary N) is 1. The van der Waals surface area contributed by atoms with E-state index < -0.39 is 0 Å². The first-order chi connectivity index (χ1) is 8.60. The Morgan fingerprint density at radius 3 is 2.56 bits per heavy atom. The zero-order valence-corrected chi connectivity index (χ0v) is 11.5. The molecule has 3 nitrogen and oxygen atoms in total. The van der Waals surface area contributed by atoms with Gasteiger partial charge in [-0.2, -0.15) is 5.26 Å². The fourth-order valence-corrected chi connectivity index (χ4v) is 2.68. The van der Waals surface area contributed by atoms with Crippen molar-refractivity contribution in [1.29, 1.82) is 5.26 Å². The Morgan fingerprint density at radius 2 is 1.94 bits per heavy atom. The summed E-state index contributed by atoms with van der Waals surface area (Å²) in [6.45, 7) is 6.26. The quantitative estimate of drug-likeness (QED) is 0.864. The summed E-state index contributed by atoms with van der Waals surface area (Å²) in [5.41, 5.74) is 2.68. The molecule has 1 aliphatic rings. The average molecular weight is 243 g/mol. The van der Waals surface area contributed by atoms with Crippen LogP contribution in [0.25, 0.3) is 0 Å². The van der Waals surface area contributed by atoms with E-state index in [1.165, 1.54) is 25.7 Å². The van der Waals surface area contributed by atoms with Crippen molar-refractivity contribution >= 4 is 5.82 Å². The number of rotatable bonds is 2. The van der Waals surface area contributed by atoms with Crippen LogP contribution >= 0.6 is 0 Å². The zero-order chi connectivity index (χ0) is 13.1. The normalized spacial score (nSPS) is 23.4. The van der Waals surface area contributed by atoms with E-state index >= 15 is 0 Å². The van der Waals surface area contributed by atoms with Gasteiger partial charge in [0.05, 0.1) is 5.56 Å². The lowest BCUT2D eigenvalue weighted by atomic mass is 9.87. The lowest BCUT2D eigenvalue weighted by Crippen LogP contribution is -2.26. The van der Waals surface area contributed by atoms with Gasteiger partial charge >= 0.3 is 0 Å². The molecule has 0 aromatic carbocycles. The molecule has 0 spiro atoms. The van der Waals surface area contributed by atoms with Gasteiger partial charge in [-0.05, 0) is 57.1 Å². The smallest absolute Gasteiger partial charge is 0.144 e. The van der Waals surface area contributed by atoms with E-state index in [0.29, 0.717) is 11.6 Å². The van der Waals surface area contributed by atoms with Crippen LogP contribution in [0.1, 0.15) is 49.4 Å². The summed E-state index contributed by atoms with van der Waals surface area (Å²) >= 11 is 0. The molecule has 1 fully saturated rings. The van der Waals surface area contributed by atoms with Crippen molar-refractivity contribution in [2.24, 2.45) is 5.92 Å². The molecule has 1 aliphatic carbocycles. The van der Waals surface area contributed by atoms with Gasteiger partial charge in [-0.15, -0.1) is 0 Å². The molecule has 0 saturated heterocycles. The minimum absolute atomic E-state index is 0.474. The third kappa shape index (κ3) is 2.81. The van der Waals surface area contributed by atoms with Gasteiger partial charge in [0.1, 0.15) is 11.9 Å². The predicted molar refractivity (Wildman–Crippen MR) is 73.5 cm³/mol. The highest BCUT2D eigenvalue weighted by Gasteiger charge is 2.19. The summed E-state index contributed by atoms with van der Waals surface area (Å²) in [5, 5.41) is 12.7. The third-order valence-electron chi connectivity index (χ3n) is 3.81. The van der Waals surface area contributed by atoms with Gasteiger partial charge in [-0.3, -0.25) is 0 Å². The van der Waals surface area contributed by atoms with Crippen LogP contribution in [0.4, 0.5) is 5.82 Å². The van der Waals surface area contributed by atoms with Crippen LogP contribution in [0.2, 0.25) is 0 Å². The number of hydrogen-bond donors (Lipinski definition) is 1. The first kappa shape index (κ1) is 12.9. The summed E-state index contributed by atoms with van der Waals surface area (Å²) in [5.74, 6) is 1.61. The Hall–Kier alpha value is -1.56. The van der Waals surface area contributed by atoms with Crippen molar-refractivity contribution in [3.63, 3.8) is 0 Å². The number of anilines is 1. The maximum absolute atomic E-state index is 9.23. The van der Waals surface area contributed by atoms with Gasteiger partial charge in [-0.25, -0.2) is 4.98 Å². The van der Waals surface area contributed by atoms with Crippen LogP contribution in [-0.4, -0.2) is 11.0 Å². The highest BCUT2D eigenvalue weighted by atomic mass is 15.0. The van der Waals surface area contributed by atoms with Crippen molar-refractivity contribution in [3.8, 4) is 6.07 Å². The Balaban J connectivity index is 2.16. The number of aromatic nitrogens is 1. The van der Waals surface area contributed by atoms with E-state index in [9.17, 15) is 5.26 Å². The molecule has 0 amide bonds. The molecule has 0 atom stereocenters. The molecule has 18 heavy (non-hydrogen) atoms. The van der Waals surface area contributed by atoms with Gasteiger partial charge in [0.15, 0.2) is 0 Å². The van der Waals surface area contributed by atoms with Crippen LogP contribution in [0.5, 0.6) is 0 Å². The van der Waals surface area contributed by atoms with Crippen molar-refractivity contribution in [2.45, 2.75) is 52.5 Å². The van der Waals surface area contributed by atoms with Gasteiger partial charge in [-0.1, -0.05) is 6.92 Å². The van der Waals surface area contributed by atoms with Crippen LogP contribution in [-0.2, 0) is 0 Å². The van der Waals surface area contributed by atoms with Crippen LogP contribution in [0.3, 0.4) is 0 Å². The van der Waals surface area contributed by atoms with Crippen molar-refractivity contribution in [1.82, 2.24) is 4.98 Å². The Bertz CT molecular complexity index is 465. The minimum atomic E-state index is 0.474. The van der Waals surface area contributed by atoms with Gasteiger partial charge in [0.25, 0.3) is 0 Å². The summed E-state index contributed by atoms with van der Waals surface area (Å²) < 4.78 is 0. The fraction of sp³-hybridized carbons (Fsp3) is 0.600. The molecule has 0 unspecified atom stereocenters. The maximum atomic E-state index is 9.23. The van der Waals surface area contributed by atoms with E-state index in [1.807, 2.05) is 19.9 Å².